The predicted octanol–water partition coefficient (Wildman–Crippen LogP) is 3.19. The molecule has 0 saturated carbocycles. The lowest BCUT2D eigenvalue weighted by Gasteiger charge is -2.32. The van der Waals surface area contributed by atoms with Crippen molar-refractivity contribution in [3.8, 4) is 0 Å². The van der Waals surface area contributed by atoms with Crippen molar-refractivity contribution in [2.75, 3.05) is 13.1 Å². The van der Waals surface area contributed by atoms with Gasteiger partial charge in [0, 0.05) is 0 Å². The Balaban J connectivity index is 2.15. The average molecular weight is 301 g/mol. The summed E-state index contributed by atoms with van der Waals surface area (Å²) in [6.07, 6.45) is -1.36. The molecule has 1 aromatic rings. The highest BCUT2D eigenvalue weighted by atomic mass is 19.4. The summed E-state index contributed by atoms with van der Waals surface area (Å²) in [4.78, 5) is 13.3. The van der Waals surface area contributed by atoms with Crippen LogP contribution in [0.1, 0.15) is 30.4 Å². The highest BCUT2D eigenvalue weighted by Crippen LogP contribution is 2.30. The van der Waals surface area contributed by atoms with Gasteiger partial charge < -0.3 is 5.11 Å². The number of hydrogen-bond donors (Lipinski definition) is 1. The fraction of sp³-hybridized carbons (Fsp3) is 0.533. The number of hydrogen-bond acceptors (Lipinski definition) is 2. The Morgan fingerprint density at radius 3 is 2.48 bits per heavy atom. The van der Waals surface area contributed by atoms with Gasteiger partial charge in [-0.1, -0.05) is 24.6 Å². The van der Waals surface area contributed by atoms with E-state index in [4.69, 9.17) is 0 Å². The predicted molar refractivity (Wildman–Crippen MR) is 72.0 cm³/mol. The van der Waals surface area contributed by atoms with Crippen LogP contribution in [-0.2, 0) is 17.4 Å². The number of aliphatic carboxylic acids is 1. The van der Waals surface area contributed by atoms with Crippen LogP contribution in [0.4, 0.5) is 13.2 Å². The monoisotopic (exact) mass is 301 g/mol. The molecule has 0 aliphatic carbocycles. The van der Waals surface area contributed by atoms with Gasteiger partial charge in [-0.15, -0.1) is 0 Å². The third kappa shape index (κ3) is 4.20. The minimum Gasteiger partial charge on any atom is -0.480 e. The number of likely N-dealkylation sites (tertiary alicyclic amines) is 1. The van der Waals surface area contributed by atoms with Crippen molar-refractivity contribution in [1.82, 2.24) is 4.90 Å². The first kappa shape index (κ1) is 15.8. The number of nitrogens with zero attached hydrogens (tertiary/aromatic N) is 1. The molecule has 1 N–H and O–H groups in total. The van der Waals surface area contributed by atoms with Gasteiger partial charge in [0.15, 0.2) is 0 Å². The van der Waals surface area contributed by atoms with E-state index in [2.05, 4.69) is 0 Å². The number of carboxylic acid groups (broad SMARTS) is 1. The highest BCUT2D eigenvalue weighted by Gasteiger charge is 2.31. The Hall–Kier alpha value is -1.56. The summed E-state index contributed by atoms with van der Waals surface area (Å²) in [5.41, 5.74) is -0.328. The quantitative estimate of drug-likeness (QED) is 0.928. The van der Waals surface area contributed by atoms with Gasteiger partial charge in [0.25, 0.3) is 0 Å². The van der Waals surface area contributed by atoms with Crippen LogP contribution in [-0.4, -0.2) is 35.1 Å². The third-order valence-corrected chi connectivity index (χ3v) is 3.80. The van der Waals surface area contributed by atoms with Crippen LogP contribution >= 0.6 is 0 Å². The van der Waals surface area contributed by atoms with Crippen LogP contribution in [0.25, 0.3) is 0 Å². The number of halogens is 3. The fourth-order valence-electron chi connectivity index (χ4n) is 2.70. The number of rotatable bonds is 4. The van der Waals surface area contributed by atoms with Crippen LogP contribution < -0.4 is 0 Å². The molecule has 1 saturated heterocycles. The summed E-state index contributed by atoms with van der Waals surface area (Å²) in [6.45, 7) is 1.38. The SMILES string of the molecule is O=C(O)C(Cc1cccc(C(F)(F)F)c1)N1CCCCC1. The molecule has 1 heterocycles. The largest absolute Gasteiger partial charge is 0.480 e. The van der Waals surface area contributed by atoms with Crippen molar-refractivity contribution >= 4 is 5.97 Å². The summed E-state index contributed by atoms with van der Waals surface area (Å²) in [5.74, 6) is -0.977. The fourth-order valence-corrected chi connectivity index (χ4v) is 2.70. The van der Waals surface area contributed by atoms with E-state index in [1.807, 2.05) is 4.90 Å². The van der Waals surface area contributed by atoms with Gasteiger partial charge in [-0.25, -0.2) is 0 Å². The molecule has 1 aromatic carbocycles. The standard InChI is InChI=1S/C15H18F3NO2/c16-15(17,18)12-6-4-5-11(9-12)10-13(14(20)21)19-7-2-1-3-8-19/h4-6,9,13H,1-3,7-8,10H2,(H,20,21). The summed E-state index contributed by atoms with van der Waals surface area (Å²) in [6, 6.07) is 4.16. The molecule has 1 aliphatic rings. The first-order chi connectivity index (χ1) is 9.88. The van der Waals surface area contributed by atoms with Crippen molar-refractivity contribution in [1.29, 1.82) is 0 Å². The van der Waals surface area contributed by atoms with Crippen LogP contribution in [0.5, 0.6) is 0 Å². The zero-order valence-corrected chi connectivity index (χ0v) is 11.6. The molecule has 0 bridgehead atoms. The van der Waals surface area contributed by atoms with Gasteiger partial charge >= 0.3 is 12.1 Å². The molecule has 3 nitrogen and oxygen atoms in total. The molecule has 0 amide bonds. The molecule has 2 rings (SSSR count). The molecule has 0 radical (unpaired) electrons. The summed E-state index contributed by atoms with van der Waals surface area (Å²) in [7, 11) is 0. The van der Waals surface area contributed by atoms with Gasteiger partial charge in [-0.3, -0.25) is 9.69 Å². The minimum absolute atomic E-state index is 0.0965. The number of piperidine rings is 1. The van der Waals surface area contributed by atoms with Gasteiger partial charge in [0.05, 0.1) is 5.56 Å². The van der Waals surface area contributed by atoms with Gasteiger partial charge in [-0.2, -0.15) is 13.2 Å². The molecular formula is C15H18F3NO2. The van der Waals surface area contributed by atoms with Crippen LogP contribution in [0, 0.1) is 0 Å². The lowest BCUT2D eigenvalue weighted by Crippen LogP contribution is -2.45. The maximum Gasteiger partial charge on any atom is 0.416 e. The average Bonchev–Trinajstić information content (AvgIpc) is 2.45. The van der Waals surface area contributed by atoms with E-state index < -0.39 is 23.8 Å². The lowest BCUT2D eigenvalue weighted by atomic mass is 10.00. The second-order valence-corrected chi connectivity index (χ2v) is 5.35. The van der Waals surface area contributed by atoms with E-state index in [1.54, 1.807) is 6.07 Å². The van der Waals surface area contributed by atoms with Crippen molar-refractivity contribution in [2.24, 2.45) is 0 Å². The van der Waals surface area contributed by atoms with E-state index >= 15 is 0 Å². The van der Waals surface area contributed by atoms with Gasteiger partial charge in [0.2, 0.25) is 0 Å². The Kier molecular flexibility index (Phi) is 4.88. The van der Waals surface area contributed by atoms with Gasteiger partial charge in [-0.05, 0) is 44.0 Å². The molecule has 0 spiro atoms. The maximum atomic E-state index is 12.7. The summed E-state index contributed by atoms with van der Waals surface area (Å²) in [5, 5.41) is 9.35. The highest BCUT2D eigenvalue weighted by molar-refractivity contribution is 5.74. The van der Waals surface area contributed by atoms with E-state index in [0.717, 1.165) is 31.4 Å². The van der Waals surface area contributed by atoms with Crippen molar-refractivity contribution in [3.05, 3.63) is 35.4 Å². The third-order valence-electron chi connectivity index (χ3n) is 3.80. The zero-order valence-electron chi connectivity index (χ0n) is 11.6. The molecule has 1 unspecified atom stereocenters. The first-order valence-corrected chi connectivity index (χ1v) is 7.01. The molecule has 6 heteroatoms. The van der Waals surface area contributed by atoms with E-state index in [-0.39, 0.29) is 6.42 Å². The Morgan fingerprint density at radius 2 is 1.90 bits per heavy atom. The van der Waals surface area contributed by atoms with E-state index in [1.165, 1.54) is 6.07 Å². The minimum atomic E-state index is -4.40. The maximum absolute atomic E-state index is 12.7. The molecule has 1 aliphatic heterocycles. The lowest BCUT2D eigenvalue weighted by molar-refractivity contribution is -0.143. The smallest absolute Gasteiger partial charge is 0.416 e. The van der Waals surface area contributed by atoms with Crippen molar-refractivity contribution < 1.29 is 23.1 Å². The molecule has 1 atom stereocenters. The molecule has 1 fully saturated rings. The van der Waals surface area contributed by atoms with Crippen molar-refractivity contribution in [2.45, 2.75) is 37.9 Å². The van der Waals surface area contributed by atoms with E-state index in [9.17, 15) is 23.1 Å². The summed E-state index contributed by atoms with van der Waals surface area (Å²) >= 11 is 0. The van der Waals surface area contributed by atoms with E-state index in [0.29, 0.717) is 18.7 Å². The summed E-state index contributed by atoms with van der Waals surface area (Å²) < 4.78 is 38.1. The Bertz CT molecular complexity index is 496. The molecule has 21 heavy (non-hydrogen) atoms. The molecule has 116 valence electrons. The topological polar surface area (TPSA) is 40.5 Å². The Morgan fingerprint density at radius 1 is 1.24 bits per heavy atom. The second kappa shape index (κ2) is 6.47. The molecule has 0 aromatic heterocycles. The number of benzene rings is 1. The second-order valence-electron chi connectivity index (χ2n) is 5.35. The Labute approximate surface area is 121 Å². The molecular weight excluding hydrogens is 283 g/mol. The number of carboxylic acids is 1. The first-order valence-electron chi connectivity index (χ1n) is 7.01. The number of alkyl halides is 3. The van der Waals surface area contributed by atoms with Crippen LogP contribution in [0.3, 0.4) is 0 Å². The zero-order chi connectivity index (χ0) is 15.5. The van der Waals surface area contributed by atoms with Crippen LogP contribution in [0.15, 0.2) is 24.3 Å². The van der Waals surface area contributed by atoms with Gasteiger partial charge in [0.1, 0.15) is 6.04 Å². The normalized spacial score (nSPS) is 18.4. The number of carbonyl (C=O) groups is 1. The van der Waals surface area contributed by atoms with Crippen molar-refractivity contribution in [3.63, 3.8) is 0 Å². The van der Waals surface area contributed by atoms with Crippen LogP contribution in [0.2, 0.25) is 0 Å².